The molecule has 304 valence electrons. The summed E-state index contributed by atoms with van der Waals surface area (Å²) in [5.74, 6) is -0.254. The van der Waals surface area contributed by atoms with Gasteiger partial charge in [0.1, 0.15) is 11.8 Å². The number of ether oxygens (including phenoxy) is 2. The van der Waals surface area contributed by atoms with E-state index >= 15 is 0 Å². The average Bonchev–Trinajstić information content (AvgIpc) is 3.44. The van der Waals surface area contributed by atoms with Crippen LogP contribution in [0.4, 0.5) is 0 Å². The number of hydrazine groups is 1. The van der Waals surface area contributed by atoms with E-state index in [2.05, 4.69) is 67.3 Å². The first-order chi connectivity index (χ1) is 26.6. The molecule has 1 saturated heterocycles. The van der Waals surface area contributed by atoms with E-state index in [1.165, 1.54) is 5.56 Å². The molecule has 1 aliphatic rings. The first kappa shape index (κ1) is 42.8. The molecule has 0 bridgehead atoms. The number of nitrogens with zero attached hydrogens (tertiary/aromatic N) is 4. The number of fused-ring (bicyclic) bond motifs is 1. The number of nitrogens with one attached hydrogen (secondary N) is 2. The Morgan fingerprint density at radius 3 is 2.48 bits per heavy atom. The highest BCUT2D eigenvalue weighted by atomic mass is 16.5. The highest BCUT2D eigenvalue weighted by molar-refractivity contribution is 5.95. The Bertz CT molecular complexity index is 1980. The number of likely N-dealkylation sites (N-methyl/N-ethyl adjacent to an activating group) is 1. The number of hydrogen-bond donors (Lipinski definition) is 3. The summed E-state index contributed by atoms with van der Waals surface area (Å²) in [6, 6.07) is 15.0. The van der Waals surface area contributed by atoms with Gasteiger partial charge in [0.15, 0.2) is 0 Å². The summed E-state index contributed by atoms with van der Waals surface area (Å²) in [7, 11) is 7.21. The van der Waals surface area contributed by atoms with Crippen molar-refractivity contribution in [1.29, 1.82) is 0 Å². The molecule has 0 spiro atoms. The van der Waals surface area contributed by atoms with Crippen molar-refractivity contribution in [3.05, 3.63) is 71.5 Å². The van der Waals surface area contributed by atoms with Crippen LogP contribution in [0.25, 0.3) is 33.3 Å². The van der Waals surface area contributed by atoms with Crippen molar-refractivity contribution in [2.45, 2.75) is 105 Å². The third-order valence-corrected chi connectivity index (χ3v) is 11.0. The van der Waals surface area contributed by atoms with Crippen LogP contribution in [0, 0.1) is 11.3 Å². The fourth-order valence-electron chi connectivity index (χ4n) is 8.49. The number of amides is 2. The van der Waals surface area contributed by atoms with Crippen LogP contribution in [0.1, 0.15) is 84.2 Å². The van der Waals surface area contributed by atoms with Crippen LogP contribution in [-0.2, 0) is 38.4 Å². The monoisotopic (exact) mass is 768 g/mol. The van der Waals surface area contributed by atoms with E-state index in [1.54, 1.807) is 31.4 Å². The Morgan fingerprint density at radius 2 is 1.84 bits per heavy atom. The van der Waals surface area contributed by atoms with Crippen LogP contribution in [0.3, 0.4) is 0 Å². The van der Waals surface area contributed by atoms with E-state index in [1.807, 2.05) is 58.1 Å². The topological polar surface area (TPSA) is 121 Å². The maximum atomic E-state index is 14.1. The Balaban J connectivity index is 1.62. The highest BCUT2D eigenvalue weighted by Crippen LogP contribution is 2.42. The summed E-state index contributed by atoms with van der Waals surface area (Å²) >= 11 is 0. The summed E-state index contributed by atoms with van der Waals surface area (Å²) in [5, 5.41) is 17.1. The molecule has 56 heavy (non-hydrogen) atoms. The number of carbonyl (C=O) groups is 2. The number of aryl methyl sites for hydroxylation is 1. The number of pyridine rings is 1. The van der Waals surface area contributed by atoms with Crippen LogP contribution in [0.15, 0.2) is 54.7 Å². The predicted octanol–water partition coefficient (Wildman–Crippen LogP) is 7.15. The van der Waals surface area contributed by atoms with E-state index in [4.69, 9.17) is 14.5 Å². The lowest BCUT2D eigenvalue weighted by Crippen LogP contribution is -2.60. The molecule has 2 aromatic heterocycles. The normalized spacial score (nSPS) is 16.7. The molecule has 4 atom stereocenters. The fourth-order valence-corrected chi connectivity index (χ4v) is 8.49. The Labute approximate surface area is 333 Å². The minimum atomic E-state index is -0.836. The smallest absolute Gasteiger partial charge is 0.259 e. The maximum absolute atomic E-state index is 14.1. The van der Waals surface area contributed by atoms with Gasteiger partial charge < -0.3 is 24.5 Å². The molecule has 11 heteroatoms. The number of aromatic nitrogens is 2. The third-order valence-electron chi connectivity index (χ3n) is 11.0. The average molecular weight is 769 g/mol. The second-order valence-electron chi connectivity index (χ2n) is 16.9. The van der Waals surface area contributed by atoms with Gasteiger partial charge in [0.2, 0.25) is 5.91 Å². The van der Waals surface area contributed by atoms with Gasteiger partial charge in [-0.3, -0.25) is 24.5 Å². The molecule has 3 unspecified atom stereocenters. The highest BCUT2D eigenvalue weighted by Gasteiger charge is 2.33. The number of methoxy groups -OCH3 is 2. The zero-order valence-corrected chi connectivity index (χ0v) is 35.4. The van der Waals surface area contributed by atoms with Gasteiger partial charge in [-0.1, -0.05) is 39.8 Å². The van der Waals surface area contributed by atoms with Gasteiger partial charge in [-0.05, 0) is 124 Å². The number of phenolic OH excluding ortho intramolecular Hbond substituents is 1. The number of rotatable bonds is 16. The molecular weight excluding hydrogens is 705 g/mol. The Hall–Kier alpha value is -4.29. The molecule has 1 aliphatic heterocycles. The Kier molecular flexibility index (Phi) is 14.0. The van der Waals surface area contributed by atoms with Crippen LogP contribution in [0.5, 0.6) is 5.75 Å². The summed E-state index contributed by atoms with van der Waals surface area (Å²) in [6.45, 7) is 16.6. The predicted molar refractivity (Wildman–Crippen MR) is 224 cm³/mol. The quantitative estimate of drug-likeness (QED) is 0.110. The lowest BCUT2D eigenvalue weighted by Gasteiger charge is -2.35. The van der Waals surface area contributed by atoms with E-state index in [0.717, 1.165) is 70.4 Å². The van der Waals surface area contributed by atoms with Crippen molar-refractivity contribution in [2.24, 2.45) is 11.3 Å². The van der Waals surface area contributed by atoms with E-state index < -0.39 is 12.1 Å². The number of hydrogen-bond acceptors (Lipinski definition) is 8. The van der Waals surface area contributed by atoms with Crippen LogP contribution < -0.4 is 10.7 Å². The molecule has 0 aliphatic carbocycles. The third kappa shape index (κ3) is 9.62. The first-order valence-electron chi connectivity index (χ1n) is 20.1. The SMILES string of the molecule is CCn1c(-c2cccnc2C(C)OC)c(CC(C)(C)COC)c2cc(-c3cc(O)cc(CC(NC(=O)C(C(C)C)N(C)C)C(=O)N4CCC[C@@H](C)N4)c3)ccc21. The molecule has 11 nitrogen and oxygen atoms in total. The van der Waals surface area contributed by atoms with Crippen molar-refractivity contribution < 1.29 is 24.2 Å². The Morgan fingerprint density at radius 1 is 1.09 bits per heavy atom. The van der Waals surface area contributed by atoms with Gasteiger partial charge in [0, 0.05) is 62.4 Å². The zero-order chi connectivity index (χ0) is 40.9. The van der Waals surface area contributed by atoms with Gasteiger partial charge in [-0.15, -0.1) is 0 Å². The number of carbonyl (C=O) groups excluding carboxylic acids is 2. The van der Waals surface area contributed by atoms with E-state index in [0.29, 0.717) is 13.2 Å². The van der Waals surface area contributed by atoms with Crippen molar-refractivity contribution >= 4 is 22.7 Å². The number of aromatic hydroxyl groups is 1. The summed E-state index contributed by atoms with van der Waals surface area (Å²) in [6.07, 6.45) is 4.43. The molecular formula is C45H64N6O5. The summed E-state index contributed by atoms with van der Waals surface area (Å²) in [4.78, 5) is 34.6. The molecule has 2 aromatic carbocycles. The van der Waals surface area contributed by atoms with Crippen molar-refractivity contribution in [1.82, 2.24) is 30.2 Å². The van der Waals surface area contributed by atoms with Crippen LogP contribution >= 0.6 is 0 Å². The largest absolute Gasteiger partial charge is 0.508 e. The van der Waals surface area contributed by atoms with Crippen LogP contribution in [0.2, 0.25) is 0 Å². The second-order valence-corrected chi connectivity index (χ2v) is 16.9. The van der Waals surface area contributed by atoms with Crippen molar-refractivity contribution in [3.8, 4) is 28.1 Å². The molecule has 3 N–H and O–H groups in total. The lowest BCUT2D eigenvalue weighted by atomic mass is 9.84. The lowest BCUT2D eigenvalue weighted by molar-refractivity contribution is -0.142. The summed E-state index contributed by atoms with van der Waals surface area (Å²) < 4.78 is 13.8. The zero-order valence-electron chi connectivity index (χ0n) is 35.4. The van der Waals surface area contributed by atoms with Gasteiger partial charge in [-0.2, -0.15) is 0 Å². The second kappa shape index (κ2) is 18.3. The molecule has 2 amide bonds. The summed E-state index contributed by atoms with van der Waals surface area (Å²) in [5.41, 5.74) is 11.0. The van der Waals surface area contributed by atoms with Gasteiger partial charge >= 0.3 is 0 Å². The van der Waals surface area contributed by atoms with Crippen molar-refractivity contribution in [3.63, 3.8) is 0 Å². The van der Waals surface area contributed by atoms with E-state index in [9.17, 15) is 14.7 Å². The van der Waals surface area contributed by atoms with Crippen molar-refractivity contribution in [2.75, 3.05) is 41.5 Å². The first-order valence-corrected chi connectivity index (χ1v) is 20.1. The minimum absolute atomic E-state index is 0.0392. The van der Waals surface area contributed by atoms with E-state index in [-0.39, 0.29) is 47.5 Å². The van der Waals surface area contributed by atoms with Gasteiger partial charge in [-0.25, -0.2) is 5.43 Å². The number of phenols is 1. The molecule has 0 radical (unpaired) electrons. The molecule has 4 aromatic rings. The van der Waals surface area contributed by atoms with Gasteiger partial charge in [0.25, 0.3) is 5.91 Å². The molecule has 1 fully saturated rings. The fraction of sp³-hybridized carbons (Fsp3) is 0.533. The molecule has 3 heterocycles. The standard InChI is InChI=1S/C45H64N6O5/c1-12-50-39-18-17-32(25-36(39)37(26-45(6,7)27-55-10)42(50)35-16-13-19-46-40(35)30(5)56-11)33-21-31(22-34(52)24-33)23-38(44(54)51-20-14-15-29(4)48-51)47-43(53)41(28(2)3)49(8)9/h13,16-19,21-22,24-25,28-30,38,41,48,52H,12,14-15,20,23,26-27H2,1-11H3,(H,47,53)/t29-,30?,38?,41?/m1/s1. The van der Waals surface area contributed by atoms with Crippen LogP contribution in [-0.4, -0.2) is 96.0 Å². The minimum Gasteiger partial charge on any atom is -0.508 e. The molecule has 5 rings (SSSR count). The van der Waals surface area contributed by atoms with Gasteiger partial charge in [0.05, 0.1) is 30.1 Å². The molecule has 0 saturated carbocycles. The number of benzene rings is 2. The maximum Gasteiger partial charge on any atom is 0.259 e.